The molecule has 2 aromatic carbocycles. The summed E-state index contributed by atoms with van der Waals surface area (Å²) in [6, 6.07) is 16.1. The van der Waals surface area contributed by atoms with Crippen molar-refractivity contribution in [1.82, 2.24) is 24.6 Å². The minimum atomic E-state index is -0.386. The van der Waals surface area contributed by atoms with E-state index in [0.29, 0.717) is 17.2 Å². The molecule has 0 saturated heterocycles. The van der Waals surface area contributed by atoms with Crippen LogP contribution in [0.15, 0.2) is 70.8 Å². The van der Waals surface area contributed by atoms with Crippen molar-refractivity contribution in [2.24, 2.45) is 5.10 Å². The normalized spacial score (nSPS) is 12.5. The largest absolute Gasteiger partial charge is 0.454 e. The molecule has 2 aromatic heterocycles. The van der Waals surface area contributed by atoms with Crippen molar-refractivity contribution in [3.05, 3.63) is 76.8 Å². The van der Waals surface area contributed by atoms with Crippen molar-refractivity contribution >= 4 is 17.9 Å². The van der Waals surface area contributed by atoms with Gasteiger partial charge in [-0.25, -0.2) is 5.43 Å². The van der Waals surface area contributed by atoms with Crippen LogP contribution in [0.5, 0.6) is 11.5 Å². The molecule has 4 aromatic rings. The number of rotatable bonds is 5. The van der Waals surface area contributed by atoms with Crippen LogP contribution < -0.4 is 20.5 Å². The number of aromatic nitrogens is 4. The first-order valence-electron chi connectivity index (χ1n) is 9.39. The van der Waals surface area contributed by atoms with Gasteiger partial charge in [-0.2, -0.15) is 19.7 Å². The third-order valence-corrected chi connectivity index (χ3v) is 4.70. The van der Waals surface area contributed by atoms with Gasteiger partial charge in [0.05, 0.1) is 11.9 Å². The zero-order valence-electron chi connectivity index (χ0n) is 16.1. The minimum absolute atomic E-state index is 0.106. The lowest BCUT2D eigenvalue weighted by atomic mass is 10.1. The summed E-state index contributed by atoms with van der Waals surface area (Å²) >= 11 is 0. The number of fused-ring (bicyclic) bond motifs is 2. The molecule has 1 amide bonds. The van der Waals surface area contributed by atoms with Gasteiger partial charge in [0.15, 0.2) is 11.5 Å². The summed E-state index contributed by atoms with van der Waals surface area (Å²) in [5.41, 5.74) is 4.25. The number of benzene rings is 2. The van der Waals surface area contributed by atoms with Gasteiger partial charge in [0.1, 0.15) is 12.9 Å². The van der Waals surface area contributed by atoms with Crippen LogP contribution in [0.4, 0.5) is 0 Å². The Kier molecular flexibility index (Phi) is 4.64. The van der Waals surface area contributed by atoms with Crippen molar-refractivity contribution in [1.29, 1.82) is 0 Å². The Morgan fingerprint density at radius 2 is 1.97 bits per heavy atom. The highest BCUT2D eigenvalue weighted by Gasteiger charge is 2.15. The fourth-order valence-electron chi connectivity index (χ4n) is 3.29. The SMILES string of the molecule is O=C(Cn1c(-c2ccccc2)cc(=O)n2ncnc12)NN=Cc1ccc2c(c1)OCO2. The zero-order valence-corrected chi connectivity index (χ0v) is 16.1. The summed E-state index contributed by atoms with van der Waals surface area (Å²) in [4.78, 5) is 29.1. The van der Waals surface area contributed by atoms with Crippen LogP contribution in [0.25, 0.3) is 17.0 Å². The van der Waals surface area contributed by atoms with Crippen molar-refractivity contribution in [3.8, 4) is 22.8 Å². The maximum atomic E-state index is 12.6. The fraction of sp³-hybridized carbons (Fsp3) is 0.0952. The molecule has 0 atom stereocenters. The number of amides is 1. The van der Waals surface area contributed by atoms with Gasteiger partial charge < -0.3 is 14.0 Å². The molecule has 1 aliphatic rings. The molecule has 10 nitrogen and oxygen atoms in total. The Morgan fingerprint density at radius 3 is 2.84 bits per heavy atom. The van der Waals surface area contributed by atoms with Gasteiger partial charge in [0.25, 0.3) is 11.5 Å². The van der Waals surface area contributed by atoms with Crippen LogP contribution >= 0.6 is 0 Å². The molecule has 0 bridgehead atoms. The summed E-state index contributed by atoms with van der Waals surface area (Å²) in [5, 5.41) is 7.95. The Hall–Kier alpha value is -4.47. The zero-order chi connectivity index (χ0) is 21.2. The standard InChI is InChI=1S/C21H16N6O4/c28-19(25-23-10-14-6-7-17-18(8-14)31-13-30-17)11-26-16(15-4-2-1-3-5-15)9-20(29)27-21(26)22-12-24-27/h1-10,12H,11,13H2,(H,25,28). The number of hydrogen-bond donors (Lipinski definition) is 1. The van der Waals surface area contributed by atoms with E-state index >= 15 is 0 Å². The van der Waals surface area contributed by atoms with Crippen molar-refractivity contribution in [2.45, 2.75) is 6.54 Å². The number of nitrogens with one attached hydrogen (secondary N) is 1. The van der Waals surface area contributed by atoms with Crippen molar-refractivity contribution in [3.63, 3.8) is 0 Å². The van der Waals surface area contributed by atoms with Crippen molar-refractivity contribution in [2.75, 3.05) is 6.79 Å². The topological polar surface area (TPSA) is 112 Å². The fourth-order valence-corrected chi connectivity index (χ4v) is 3.29. The first-order valence-corrected chi connectivity index (χ1v) is 9.39. The third-order valence-electron chi connectivity index (χ3n) is 4.70. The average Bonchev–Trinajstić information content (AvgIpc) is 3.46. The Bertz CT molecular complexity index is 1360. The van der Waals surface area contributed by atoms with Crippen molar-refractivity contribution < 1.29 is 14.3 Å². The lowest BCUT2D eigenvalue weighted by Gasteiger charge is -2.13. The summed E-state index contributed by atoms with van der Waals surface area (Å²) in [5.74, 6) is 1.18. The van der Waals surface area contributed by atoms with Crippen LogP contribution in [0.2, 0.25) is 0 Å². The smallest absolute Gasteiger partial charge is 0.276 e. The van der Waals surface area contributed by atoms with Gasteiger partial charge in [-0.05, 0) is 29.3 Å². The van der Waals surface area contributed by atoms with E-state index in [1.807, 2.05) is 30.3 Å². The first-order chi connectivity index (χ1) is 15.2. The molecule has 31 heavy (non-hydrogen) atoms. The van der Waals surface area contributed by atoms with Gasteiger partial charge in [0, 0.05) is 6.07 Å². The second-order valence-electron chi connectivity index (χ2n) is 6.70. The quantitative estimate of drug-likeness (QED) is 0.389. The lowest BCUT2D eigenvalue weighted by Crippen LogP contribution is -2.27. The number of carbonyl (C=O) groups excluding carboxylic acids is 1. The summed E-state index contributed by atoms with van der Waals surface area (Å²) in [6.45, 7) is 0.0814. The highest BCUT2D eigenvalue weighted by Crippen LogP contribution is 2.31. The molecule has 0 unspecified atom stereocenters. The van der Waals surface area contributed by atoms with E-state index in [2.05, 4.69) is 20.6 Å². The maximum Gasteiger partial charge on any atom is 0.276 e. The van der Waals surface area contributed by atoms with Gasteiger partial charge in [0.2, 0.25) is 12.6 Å². The van der Waals surface area contributed by atoms with Gasteiger partial charge in [-0.1, -0.05) is 30.3 Å². The molecular weight excluding hydrogens is 400 g/mol. The predicted octanol–water partition coefficient (Wildman–Crippen LogP) is 1.44. The van der Waals surface area contributed by atoms with Crippen LogP contribution in [0.1, 0.15) is 5.56 Å². The van der Waals surface area contributed by atoms with Gasteiger partial charge in [-0.3, -0.25) is 9.59 Å². The Labute approximate surface area is 175 Å². The number of hydrazone groups is 1. The van der Waals surface area contributed by atoms with Gasteiger partial charge in [-0.15, -0.1) is 0 Å². The van der Waals surface area contributed by atoms with E-state index in [4.69, 9.17) is 9.47 Å². The summed E-state index contributed by atoms with van der Waals surface area (Å²) < 4.78 is 13.4. The molecule has 0 aliphatic carbocycles. The van der Waals surface area contributed by atoms with E-state index in [0.717, 1.165) is 15.6 Å². The first kappa shape index (κ1) is 18.6. The van der Waals surface area contributed by atoms with E-state index < -0.39 is 0 Å². The molecule has 0 spiro atoms. The molecule has 3 heterocycles. The van der Waals surface area contributed by atoms with Crippen LogP contribution in [-0.2, 0) is 11.3 Å². The molecular formula is C21H16N6O4. The lowest BCUT2D eigenvalue weighted by molar-refractivity contribution is -0.121. The van der Waals surface area contributed by atoms with E-state index in [1.54, 1.807) is 22.8 Å². The third kappa shape index (κ3) is 3.62. The molecule has 10 heteroatoms. The summed E-state index contributed by atoms with van der Waals surface area (Å²) in [6.07, 6.45) is 2.79. The number of hydrogen-bond acceptors (Lipinski definition) is 7. The molecule has 0 saturated carbocycles. The number of carbonyl (C=O) groups is 1. The van der Waals surface area contributed by atoms with E-state index in [9.17, 15) is 9.59 Å². The molecule has 0 fully saturated rings. The second kappa shape index (κ2) is 7.75. The minimum Gasteiger partial charge on any atom is -0.454 e. The van der Waals surface area contributed by atoms with E-state index in [1.165, 1.54) is 18.6 Å². The average molecular weight is 416 g/mol. The molecule has 154 valence electrons. The highest BCUT2D eigenvalue weighted by atomic mass is 16.7. The second-order valence-corrected chi connectivity index (χ2v) is 6.70. The summed E-state index contributed by atoms with van der Waals surface area (Å²) in [7, 11) is 0. The molecule has 0 radical (unpaired) electrons. The predicted molar refractivity (Wildman–Crippen MR) is 111 cm³/mol. The molecule has 1 aliphatic heterocycles. The van der Waals surface area contributed by atoms with Crippen LogP contribution in [0.3, 0.4) is 0 Å². The van der Waals surface area contributed by atoms with E-state index in [-0.39, 0.29) is 30.6 Å². The maximum absolute atomic E-state index is 12.6. The highest BCUT2D eigenvalue weighted by molar-refractivity contribution is 5.83. The molecule has 1 N–H and O–H groups in total. The number of ether oxygens (including phenoxy) is 2. The Morgan fingerprint density at radius 1 is 1.13 bits per heavy atom. The van der Waals surface area contributed by atoms with Gasteiger partial charge >= 0.3 is 0 Å². The molecule has 5 rings (SSSR count). The monoisotopic (exact) mass is 416 g/mol. The number of nitrogens with zero attached hydrogens (tertiary/aromatic N) is 5. The van der Waals surface area contributed by atoms with Crippen LogP contribution in [-0.4, -0.2) is 38.1 Å². The Balaban J connectivity index is 1.39. The van der Waals surface area contributed by atoms with Crippen LogP contribution in [0, 0.1) is 0 Å².